The highest BCUT2D eigenvalue weighted by molar-refractivity contribution is 6.02. The van der Waals surface area contributed by atoms with E-state index in [2.05, 4.69) is 4.98 Å². The smallest absolute Gasteiger partial charge is 0.196 e. The molecule has 19 heavy (non-hydrogen) atoms. The van der Waals surface area contributed by atoms with Gasteiger partial charge < -0.3 is 9.47 Å². The van der Waals surface area contributed by atoms with E-state index in [4.69, 9.17) is 9.47 Å². The third-order valence-corrected chi connectivity index (χ3v) is 3.29. The molecule has 0 unspecified atom stereocenters. The molecule has 0 saturated heterocycles. The molecule has 0 aromatic carbocycles. The van der Waals surface area contributed by atoms with Crippen molar-refractivity contribution < 1.29 is 14.3 Å². The number of ether oxygens (including phenoxy) is 2. The summed E-state index contributed by atoms with van der Waals surface area (Å²) in [6, 6.07) is 1.73. The Kier molecular flexibility index (Phi) is 5.48. The minimum atomic E-state index is -0.766. The molecule has 0 amide bonds. The minimum Gasteiger partial charge on any atom is -0.489 e. The van der Waals surface area contributed by atoms with Gasteiger partial charge in [-0.1, -0.05) is 13.8 Å². The molecule has 0 aliphatic rings. The van der Waals surface area contributed by atoms with E-state index in [1.54, 1.807) is 25.6 Å². The Morgan fingerprint density at radius 2 is 1.95 bits per heavy atom. The van der Waals surface area contributed by atoms with Gasteiger partial charge in [-0.15, -0.1) is 0 Å². The zero-order chi connectivity index (χ0) is 14.5. The molecule has 1 heterocycles. The van der Waals surface area contributed by atoms with Crippen molar-refractivity contribution in [3.05, 3.63) is 24.0 Å². The number of methoxy groups -OCH3 is 1. The summed E-state index contributed by atoms with van der Waals surface area (Å²) in [6.07, 6.45) is 4.50. The highest BCUT2D eigenvalue weighted by Crippen LogP contribution is 2.26. The van der Waals surface area contributed by atoms with Crippen LogP contribution >= 0.6 is 0 Å². The molecule has 0 atom stereocenters. The van der Waals surface area contributed by atoms with Crippen molar-refractivity contribution in [1.29, 1.82) is 0 Å². The maximum absolute atomic E-state index is 12.6. The Labute approximate surface area is 115 Å². The summed E-state index contributed by atoms with van der Waals surface area (Å²) in [6.45, 7) is 7.78. The first kappa shape index (κ1) is 15.6. The van der Waals surface area contributed by atoms with Crippen LogP contribution in [0.1, 0.15) is 50.9 Å². The van der Waals surface area contributed by atoms with Gasteiger partial charge in [0.05, 0.1) is 12.3 Å². The van der Waals surface area contributed by atoms with Crippen molar-refractivity contribution in [3.63, 3.8) is 0 Å². The highest BCUT2D eigenvalue weighted by Gasteiger charge is 2.35. The second-order valence-corrected chi connectivity index (χ2v) is 4.81. The molecular weight excluding hydrogens is 242 g/mol. The van der Waals surface area contributed by atoms with Gasteiger partial charge in [-0.25, -0.2) is 0 Å². The Morgan fingerprint density at radius 1 is 1.32 bits per heavy atom. The van der Waals surface area contributed by atoms with Crippen molar-refractivity contribution in [3.8, 4) is 5.75 Å². The minimum absolute atomic E-state index is 0.0401. The van der Waals surface area contributed by atoms with Gasteiger partial charge in [0.15, 0.2) is 5.78 Å². The summed E-state index contributed by atoms with van der Waals surface area (Å²) >= 11 is 0. The number of hydrogen-bond acceptors (Lipinski definition) is 4. The van der Waals surface area contributed by atoms with Crippen LogP contribution in [0.15, 0.2) is 18.5 Å². The summed E-state index contributed by atoms with van der Waals surface area (Å²) in [5.41, 5.74) is -0.235. The number of Topliss-reactive ketones (excluding diaryl/α,β-unsaturated/α-hetero) is 1. The lowest BCUT2D eigenvalue weighted by Crippen LogP contribution is -2.39. The fraction of sp³-hybridized carbons (Fsp3) is 0.600. The number of hydrogen-bond donors (Lipinski definition) is 0. The zero-order valence-corrected chi connectivity index (χ0v) is 12.4. The van der Waals surface area contributed by atoms with E-state index in [1.165, 1.54) is 0 Å². The van der Waals surface area contributed by atoms with Crippen molar-refractivity contribution in [2.45, 2.75) is 52.2 Å². The van der Waals surface area contributed by atoms with Crippen LogP contribution in [-0.4, -0.2) is 29.6 Å². The molecule has 0 aliphatic heterocycles. The van der Waals surface area contributed by atoms with E-state index in [9.17, 15) is 4.79 Å². The van der Waals surface area contributed by atoms with Gasteiger partial charge in [-0.05, 0) is 32.8 Å². The Balaban J connectivity index is 3.05. The van der Waals surface area contributed by atoms with Crippen LogP contribution in [0.5, 0.6) is 5.75 Å². The molecule has 0 fully saturated rings. The van der Waals surface area contributed by atoms with Gasteiger partial charge in [0.25, 0.3) is 0 Å². The predicted octanol–water partition coefficient (Wildman–Crippen LogP) is 3.26. The second kappa shape index (κ2) is 6.66. The molecule has 1 aromatic rings. The molecular formula is C15H23NO3. The summed E-state index contributed by atoms with van der Waals surface area (Å²) < 4.78 is 11.0. The summed E-state index contributed by atoms with van der Waals surface area (Å²) in [5.74, 6) is 0.569. The van der Waals surface area contributed by atoms with Crippen LogP contribution < -0.4 is 4.74 Å². The average Bonchev–Trinajstić information content (AvgIpc) is 2.40. The lowest BCUT2D eigenvalue weighted by molar-refractivity contribution is -0.00267. The number of pyridine rings is 1. The first-order valence-electron chi connectivity index (χ1n) is 6.70. The maximum Gasteiger partial charge on any atom is 0.196 e. The zero-order valence-electron chi connectivity index (χ0n) is 12.4. The maximum atomic E-state index is 12.6. The predicted molar refractivity (Wildman–Crippen MR) is 74.7 cm³/mol. The molecule has 4 nitrogen and oxygen atoms in total. The molecule has 1 aromatic heterocycles. The van der Waals surface area contributed by atoms with Crippen molar-refractivity contribution in [2.75, 3.05) is 7.11 Å². The van der Waals surface area contributed by atoms with Gasteiger partial charge in [0.2, 0.25) is 0 Å². The van der Waals surface area contributed by atoms with E-state index in [0.29, 0.717) is 24.2 Å². The van der Waals surface area contributed by atoms with Crippen molar-refractivity contribution >= 4 is 5.78 Å². The Bertz CT molecular complexity index is 417. The molecule has 0 N–H and O–H groups in total. The number of ketones is 1. The van der Waals surface area contributed by atoms with Crippen LogP contribution in [0.2, 0.25) is 0 Å². The van der Waals surface area contributed by atoms with Gasteiger partial charge in [0.1, 0.15) is 11.4 Å². The monoisotopic (exact) mass is 265 g/mol. The normalized spacial score (nSPS) is 11.7. The van der Waals surface area contributed by atoms with Crippen LogP contribution in [0.3, 0.4) is 0 Å². The van der Waals surface area contributed by atoms with Crippen LogP contribution in [-0.2, 0) is 4.74 Å². The number of carbonyl (C=O) groups is 1. The highest BCUT2D eigenvalue weighted by atomic mass is 16.5. The van der Waals surface area contributed by atoms with Crippen LogP contribution in [0.4, 0.5) is 0 Å². The second-order valence-electron chi connectivity index (χ2n) is 4.81. The number of carbonyl (C=O) groups excluding carboxylic acids is 1. The van der Waals surface area contributed by atoms with Gasteiger partial charge in [-0.2, -0.15) is 0 Å². The average molecular weight is 265 g/mol. The lowest BCUT2D eigenvalue weighted by atomic mass is 9.88. The molecule has 0 saturated carbocycles. The van der Waals surface area contributed by atoms with E-state index in [0.717, 1.165) is 0 Å². The summed E-state index contributed by atoms with van der Waals surface area (Å²) in [4.78, 5) is 16.7. The standard InChI is InChI=1S/C15H23NO3/c1-6-15(7-2,18-5)14(17)12-8-13(10-16-9-12)19-11(3)4/h8-11H,6-7H2,1-5H3. The lowest BCUT2D eigenvalue weighted by Gasteiger charge is -2.28. The van der Waals surface area contributed by atoms with E-state index in [1.807, 2.05) is 27.7 Å². The van der Waals surface area contributed by atoms with Crippen LogP contribution in [0.25, 0.3) is 0 Å². The molecule has 106 valence electrons. The SMILES string of the molecule is CCC(CC)(OC)C(=O)c1cncc(OC(C)C)c1. The number of rotatable bonds is 7. The topological polar surface area (TPSA) is 48.4 Å². The van der Waals surface area contributed by atoms with E-state index >= 15 is 0 Å². The molecule has 1 rings (SSSR count). The molecule has 0 aliphatic carbocycles. The summed E-state index contributed by atoms with van der Waals surface area (Å²) in [7, 11) is 1.58. The summed E-state index contributed by atoms with van der Waals surface area (Å²) in [5, 5.41) is 0. The fourth-order valence-electron chi connectivity index (χ4n) is 2.10. The molecule has 0 spiro atoms. The van der Waals surface area contributed by atoms with Crippen molar-refractivity contribution in [2.24, 2.45) is 0 Å². The first-order chi connectivity index (χ1) is 8.99. The number of aromatic nitrogens is 1. The third kappa shape index (κ3) is 3.53. The van der Waals surface area contributed by atoms with E-state index in [-0.39, 0.29) is 11.9 Å². The first-order valence-corrected chi connectivity index (χ1v) is 6.70. The van der Waals surface area contributed by atoms with E-state index < -0.39 is 5.60 Å². The Hall–Kier alpha value is -1.42. The van der Waals surface area contributed by atoms with Crippen LogP contribution in [0, 0.1) is 0 Å². The third-order valence-electron chi connectivity index (χ3n) is 3.29. The molecule has 0 radical (unpaired) electrons. The van der Waals surface area contributed by atoms with Gasteiger partial charge >= 0.3 is 0 Å². The number of nitrogens with zero attached hydrogens (tertiary/aromatic N) is 1. The Morgan fingerprint density at radius 3 is 2.42 bits per heavy atom. The quantitative estimate of drug-likeness (QED) is 0.710. The molecule has 0 bridgehead atoms. The largest absolute Gasteiger partial charge is 0.489 e. The van der Waals surface area contributed by atoms with Crippen molar-refractivity contribution in [1.82, 2.24) is 4.98 Å². The fourth-order valence-corrected chi connectivity index (χ4v) is 2.10. The van der Waals surface area contributed by atoms with Gasteiger partial charge in [0, 0.05) is 18.9 Å². The molecule has 4 heteroatoms. The van der Waals surface area contributed by atoms with Gasteiger partial charge in [-0.3, -0.25) is 9.78 Å².